The summed E-state index contributed by atoms with van der Waals surface area (Å²) in [6.07, 6.45) is 1.98. The summed E-state index contributed by atoms with van der Waals surface area (Å²) in [5.74, 6) is 1.10. The standard InChI is InChI=1S/C16H14N2S/c1-2-4-16-13(3-1)15(10-19-16)18-12-5-6-14-11(9-12)7-8-17-14/h1-9,15,17-18H,10H2. The molecule has 1 unspecified atom stereocenters. The van der Waals surface area contributed by atoms with Crippen molar-refractivity contribution in [1.29, 1.82) is 0 Å². The SMILES string of the molecule is c1ccc2c(c1)SCC2Nc1ccc2[nH]ccc2c1. The molecule has 0 amide bonds. The fourth-order valence-electron chi connectivity index (χ4n) is 2.63. The van der Waals surface area contributed by atoms with Gasteiger partial charge in [0.15, 0.2) is 0 Å². The molecular weight excluding hydrogens is 252 g/mol. The molecule has 0 saturated carbocycles. The summed E-state index contributed by atoms with van der Waals surface area (Å²) in [4.78, 5) is 4.63. The van der Waals surface area contributed by atoms with Crippen molar-refractivity contribution >= 4 is 28.4 Å². The van der Waals surface area contributed by atoms with Crippen molar-refractivity contribution in [2.45, 2.75) is 10.9 Å². The lowest BCUT2D eigenvalue weighted by Crippen LogP contribution is -2.09. The molecule has 1 aliphatic rings. The third kappa shape index (κ3) is 1.90. The first kappa shape index (κ1) is 11.0. The van der Waals surface area contributed by atoms with Gasteiger partial charge >= 0.3 is 0 Å². The van der Waals surface area contributed by atoms with E-state index in [9.17, 15) is 0 Å². The Morgan fingerprint density at radius 1 is 1.11 bits per heavy atom. The van der Waals surface area contributed by atoms with Crippen molar-refractivity contribution in [3.8, 4) is 0 Å². The van der Waals surface area contributed by atoms with Crippen LogP contribution in [0.3, 0.4) is 0 Å². The first-order valence-electron chi connectivity index (χ1n) is 6.45. The molecule has 0 fully saturated rings. The molecule has 0 saturated heterocycles. The number of rotatable bonds is 2. The monoisotopic (exact) mass is 266 g/mol. The van der Waals surface area contributed by atoms with Crippen LogP contribution < -0.4 is 5.32 Å². The molecule has 3 aromatic rings. The zero-order valence-electron chi connectivity index (χ0n) is 10.4. The highest BCUT2D eigenvalue weighted by Gasteiger charge is 2.22. The molecule has 1 aliphatic heterocycles. The van der Waals surface area contributed by atoms with E-state index in [1.807, 2.05) is 18.0 Å². The lowest BCUT2D eigenvalue weighted by Gasteiger charge is -2.14. The third-order valence-corrected chi connectivity index (χ3v) is 4.78. The average Bonchev–Trinajstić information content (AvgIpc) is 3.06. The maximum Gasteiger partial charge on any atom is 0.0618 e. The number of thioether (sulfide) groups is 1. The quantitative estimate of drug-likeness (QED) is 0.718. The largest absolute Gasteiger partial charge is 0.377 e. The Labute approximate surface area is 116 Å². The highest BCUT2D eigenvalue weighted by molar-refractivity contribution is 7.99. The number of hydrogen-bond donors (Lipinski definition) is 2. The number of benzene rings is 2. The Balaban J connectivity index is 1.65. The van der Waals surface area contributed by atoms with Crippen LogP contribution in [0.5, 0.6) is 0 Å². The van der Waals surface area contributed by atoms with Crippen LogP contribution in [0.4, 0.5) is 5.69 Å². The molecule has 94 valence electrons. The number of anilines is 1. The first-order chi connectivity index (χ1) is 9.40. The molecule has 1 atom stereocenters. The van der Waals surface area contributed by atoms with Gasteiger partial charge in [0.05, 0.1) is 6.04 Å². The molecule has 0 bridgehead atoms. The van der Waals surface area contributed by atoms with Gasteiger partial charge in [-0.3, -0.25) is 0 Å². The molecule has 2 nitrogen and oxygen atoms in total. The summed E-state index contributed by atoms with van der Waals surface area (Å²) in [5, 5.41) is 4.90. The van der Waals surface area contributed by atoms with E-state index in [1.54, 1.807) is 0 Å². The summed E-state index contributed by atoms with van der Waals surface area (Å²) in [6.45, 7) is 0. The smallest absolute Gasteiger partial charge is 0.0618 e. The van der Waals surface area contributed by atoms with E-state index in [0.29, 0.717) is 6.04 Å². The lowest BCUT2D eigenvalue weighted by atomic mass is 10.1. The maximum atomic E-state index is 3.64. The summed E-state index contributed by atoms with van der Waals surface area (Å²) >= 11 is 1.93. The Bertz CT molecular complexity index is 732. The second-order valence-electron chi connectivity index (χ2n) is 4.83. The minimum Gasteiger partial charge on any atom is -0.377 e. The van der Waals surface area contributed by atoms with Crippen molar-refractivity contribution in [2.75, 3.05) is 11.1 Å². The topological polar surface area (TPSA) is 27.8 Å². The molecule has 2 N–H and O–H groups in total. The fraction of sp³-hybridized carbons (Fsp3) is 0.125. The second kappa shape index (κ2) is 4.35. The first-order valence-corrected chi connectivity index (χ1v) is 7.44. The average molecular weight is 266 g/mol. The zero-order valence-corrected chi connectivity index (χ0v) is 11.2. The van der Waals surface area contributed by atoms with Gasteiger partial charge in [0.2, 0.25) is 0 Å². The van der Waals surface area contributed by atoms with Crippen LogP contribution in [0, 0.1) is 0 Å². The minimum absolute atomic E-state index is 0.414. The van der Waals surface area contributed by atoms with Gasteiger partial charge in [-0.25, -0.2) is 0 Å². The molecule has 0 spiro atoms. The number of H-pyrrole nitrogens is 1. The predicted octanol–water partition coefficient (Wildman–Crippen LogP) is 4.43. The van der Waals surface area contributed by atoms with E-state index < -0.39 is 0 Å². The van der Waals surface area contributed by atoms with E-state index >= 15 is 0 Å². The molecule has 0 radical (unpaired) electrons. The summed E-state index contributed by atoms with van der Waals surface area (Å²) < 4.78 is 0. The van der Waals surface area contributed by atoms with Gasteiger partial charge in [-0.15, -0.1) is 11.8 Å². The van der Waals surface area contributed by atoms with Crippen LogP contribution in [-0.2, 0) is 0 Å². The minimum atomic E-state index is 0.414. The van der Waals surface area contributed by atoms with Crippen molar-refractivity contribution in [3.05, 3.63) is 60.3 Å². The third-order valence-electron chi connectivity index (χ3n) is 3.59. The van der Waals surface area contributed by atoms with E-state index in [-0.39, 0.29) is 0 Å². The van der Waals surface area contributed by atoms with E-state index in [0.717, 1.165) is 5.75 Å². The van der Waals surface area contributed by atoms with Crippen molar-refractivity contribution in [1.82, 2.24) is 4.98 Å². The van der Waals surface area contributed by atoms with Gasteiger partial charge < -0.3 is 10.3 Å². The molecule has 2 aromatic carbocycles. The van der Waals surface area contributed by atoms with Gasteiger partial charge in [0.25, 0.3) is 0 Å². The Morgan fingerprint density at radius 2 is 2.05 bits per heavy atom. The van der Waals surface area contributed by atoms with Gasteiger partial charge in [-0.05, 0) is 35.9 Å². The van der Waals surface area contributed by atoms with Crippen LogP contribution in [-0.4, -0.2) is 10.7 Å². The van der Waals surface area contributed by atoms with Crippen LogP contribution in [0.1, 0.15) is 11.6 Å². The number of aromatic amines is 1. The zero-order chi connectivity index (χ0) is 12.7. The number of hydrogen-bond acceptors (Lipinski definition) is 2. The molecule has 19 heavy (non-hydrogen) atoms. The number of aromatic nitrogens is 1. The van der Waals surface area contributed by atoms with Crippen molar-refractivity contribution < 1.29 is 0 Å². The highest BCUT2D eigenvalue weighted by Crippen LogP contribution is 2.39. The second-order valence-corrected chi connectivity index (χ2v) is 5.89. The normalized spacial score (nSPS) is 17.6. The van der Waals surface area contributed by atoms with Gasteiger partial charge in [0, 0.05) is 33.4 Å². The van der Waals surface area contributed by atoms with E-state index in [4.69, 9.17) is 0 Å². The van der Waals surface area contributed by atoms with E-state index in [1.165, 1.54) is 27.0 Å². The Morgan fingerprint density at radius 3 is 3.05 bits per heavy atom. The van der Waals surface area contributed by atoms with Gasteiger partial charge in [-0.2, -0.15) is 0 Å². The van der Waals surface area contributed by atoms with E-state index in [2.05, 4.69) is 58.8 Å². The molecule has 0 aliphatic carbocycles. The highest BCUT2D eigenvalue weighted by atomic mass is 32.2. The summed E-state index contributed by atoms with van der Waals surface area (Å²) in [7, 11) is 0. The van der Waals surface area contributed by atoms with Gasteiger partial charge in [-0.1, -0.05) is 18.2 Å². The van der Waals surface area contributed by atoms with Crippen LogP contribution in [0.15, 0.2) is 59.6 Å². The molecule has 4 rings (SSSR count). The lowest BCUT2D eigenvalue weighted by molar-refractivity contribution is 0.901. The Hall–Kier alpha value is -1.87. The van der Waals surface area contributed by atoms with Crippen molar-refractivity contribution in [2.24, 2.45) is 0 Å². The molecule has 3 heteroatoms. The molecule has 2 heterocycles. The maximum absolute atomic E-state index is 3.64. The molecular formula is C16H14N2S. The molecule has 1 aromatic heterocycles. The van der Waals surface area contributed by atoms with Crippen LogP contribution in [0.25, 0.3) is 10.9 Å². The number of nitrogens with one attached hydrogen (secondary N) is 2. The fourth-order valence-corrected chi connectivity index (χ4v) is 3.79. The van der Waals surface area contributed by atoms with Gasteiger partial charge in [0.1, 0.15) is 0 Å². The number of fused-ring (bicyclic) bond motifs is 2. The summed E-state index contributed by atoms with van der Waals surface area (Å²) in [6, 6.07) is 17.7. The van der Waals surface area contributed by atoms with Crippen LogP contribution in [0.2, 0.25) is 0 Å². The predicted molar refractivity (Wildman–Crippen MR) is 81.8 cm³/mol. The Kier molecular flexibility index (Phi) is 2.52. The van der Waals surface area contributed by atoms with Crippen LogP contribution >= 0.6 is 11.8 Å². The summed E-state index contributed by atoms with van der Waals surface area (Å²) in [5.41, 5.74) is 3.79. The van der Waals surface area contributed by atoms with Crippen molar-refractivity contribution in [3.63, 3.8) is 0 Å².